The van der Waals surface area contributed by atoms with E-state index in [4.69, 9.17) is 4.74 Å². The summed E-state index contributed by atoms with van der Waals surface area (Å²) in [6.07, 6.45) is 2.32. The summed E-state index contributed by atoms with van der Waals surface area (Å²) in [7, 11) is -2.67. The van der Waals surface area contributed by atoms with Gasteiger partial charge >= 0.3 is 5.97 Å². The molecule has 0 atom stereocenters. The second kappa shape index (κ2) is 10.3. The lowest BCUT2D eigenvalue weighted by Crippen LogP contribution is -2.16. The Morgan fingerprint density at radius 3 is 2.19 bits per heavy atom. The van der Waals surface area contributed by atoms with Crippen LogP contribution in [-0.2, 0) is 14.6 Å². The number of sulfone groups is 1. The quantitative estimate of drug-likeness (QED) is 0.526. The highest BCUT2D eigenvalue weighted by molar-refractivity contribution is 14.1. The van der Waals surface area contributed by atoms with Gasteiger partial charge in [-0.05, 0) is 59.8 Å². The Bertz CT molecular complexity index is 858. The molecular formula is C18H20INO5S. The van der Waals surface area contributed by atoms with Crippen LogP contribution in [0, 0.1) is 3.57 Å². The molecule has 0 unspecified atom stereocenters. The zero-order valence-corrected chi connectivity index (χ0v) is 17.6. The van der Waals surface area contributed by atoms with Crippen molar-refractivity contribution in [2.45, 2.75) is 6.92 Å². The summed E-state index contributed by atoms with van der Waals surface area (Å²) in [5.74, 6) is -0.707. The number of carbonyl (C=O) groups is 2. The molecule has 8 heteroatoms. The van der Waals surface area contributed by atoms with E-state index in [1.54, 1.807) is 43.3 Å². The van der Waals surface area contributed by atoms with Gasteiger partial charge in [0.05, 0.1) is 17.9 Å². The van der Waals surface area contributed by atoms with E-state index >= 15 is 0 Å². The zero-order valence-electron chi connectivity index (χ0n) is 14.7. The number of esters is 1. The molecule has 0 fully saturated rings. The number of rotatable bonds is 4. The maximum absolute atomic E-state index is 12.2. The molecular weight excluding hydrogens is 469 g/mol. The van der Waals surface area contributed by atoms with Crippen LogP contribution in [0.25, 0.3) is 0 Å². The topological polar surface area (TPSA) is 89.5 Å². The van der Waals surface area contributed by atoms with Crippen LogP contribution in [-0.4, -0.2) is 39.4 Å². The van der Waals surface area contributed by atoms with Gasteiger partial charge in [0.15, 0.2) is 0 Å². The predicted molar refractivity (Wildman–Crippen MR) is 110 cm³/mol. The van der Waals surface area contributed by atoms with E-state index in [2.05, 4.69) is 27.9 Å². The van der Waals surface area contributed by atoms with Crippen molar-refractivity contribution in [3.63, 3.8) is 0 Å². The summed E-state index contributed by atoms with van der Waals surface area (Å²) in [4.78, 5) is 24.1. The van der Waals surface area contributed by atoms with Gasteiger partial charge in [-0.3, -0.25) is 4.79 Å². The van der Waals surface area contributed by atoms with Gasteiger partial charge in [-0.25, -0.2) is 13.2 Å². The van der Waals surface area contributed by atoms with Gasteiger partial charge in [0.25, 0.3) is 5.91 Å². The van der Waals surface area contributed by atoms with Gasteiger partial charge in [-0.15, -0.1) is 0 Å². The van der Waals surface area contributed by atoms with Crippen molar-refractivity contribution in [2.24, 2.45) is 0 Å². The van der Waals surface area contributed by atoms with E-state index in [0.29, 0.717) is 16.8 Å². The molecule has 0 spiro atoms. The van der Waals surface area contributed by atoms with Crippen LogP contribution in [0.5, 0.6) is 0 Å². The fraction of sp³-hybridized carbons (Fsp3) is 0.222. The third-order valence-electron chi connectivity index (χ3n) is 2.76. The Hall–Kier alpha value is -1.94. The molecule has 2 aromatic rings. The van der Waals surface area contributed by atoms with Crippen LogP contribution < -0.4 is 5.32 Å². The Morgan fingerprint density at radius 1 is 1.08 bits per heavy atom. The van der Waals surface area contributed by atoms with Crippen LogP contribution in [0.2, 0.25) is 0 Å². The summed E-state index contributed by atoms with van der Waals surface area (Å²) < 4.78 is 25.2. The first-order valence-electron chi connectivity index (χ1n) is 7.60. The van der Waals surface area contributed by atoms with Crippen LogP contribution >= 0.6 is 22.6 Å². The Balaban J connectivity index is 0.000000597. The minimum absolute atomic E-state index is 0.262. The second-order valence-corrected chi connectivity index (χ2v) is 8.91. The van der Waals surface area contributed by atoms with Gasteiger partial charge in [0, 0.05) is 21.6 Å². The van der Waals surface area contributed by atoms with E-state index in [9.17, 15) is 18.0 Å². The number of nitrogens with one attached hydrogen (secondary N) is 1. The van der Waals surface area contributed by atoms with Gasteiger partial charge in [-0.1, -0.05) is 18.2 Å². The summed E-state index contributed by atoms with van der Waals surface area (Å²) in [6.45, 7) is 2.03. The maximum atomic E-state index is 12.2. The molecule has 0 aliphatic heterocycles. The van der Waals surface area contributed by atoms with Crippen LogP contribution in [0.3, 0.4) is 0 Å². The molecule has 140 valence electrons. The second-order valence-electron chi connectivity index (χ2n) is 5.37. The number of benzene rings is 2. The van der Waals surface area contributed by atoms with Crippen molar-refractivity contribution in [1.29, 1.82) is 0 Å². The molecule has 6 nitrogen and oxygen atoms in total. The lowest BCUT2D eigenvalue weighted by Gasteiger charge is -2.11. The Kier molecular flexibility index (Phi) is 8.73. The number of hydrogen-bond acceptors (Lipinski definition) is 5. The number of ether oxygens (including phenoxy) is 1. The fourth-order valence-corrected chi connectivity index (χ4v) is 2.28. The Labute approximate surface area is 167 Å². The summed E-state index contributed by atoms with van der Waals surface area (Å²) in [5.41, 5.74) is 1.33. The molecule has 0 aromatic heterocycles. The predicted octanol–water partition coefficient (Wildman–Crippen LogP) is 3.38. The van der Waals surface area contributed by atoms with Crippen LogP contribution in [0.15, 0.2) is 48.5 Å². The molecule has 0 bridgehead atoms. The molecule has 2 aromatic carbocycles. The highest BCUT2D eigenvalue weighted by atomic mass is 127. The van der Waals surface area contributed by atoms with Gasteiger partial charge in [0.2, 0.25) is 0 Å². The number of carbonyl (C=O) groups excluding carboxylic acids is 2. The number of amides is 1. The van der Waals surface area contributed by atoms with Crippen LogP contribution in [0.4, 0.5) is 5.69 Å². The minimum Gasteiger partial charge on any atom is -0.462 e. The first-order valence-corrected chi connectivity index (χ1v) is 11.0. The third-order valence-corrected chi connectivity index (χ3v) is 3.43. The van der Waals surface area contributed by atoms with Crippen molar-refractivity contribution < 1.29 is 22.7 Å². The van der Waals surface area contributed by atoms with Crippen molar-refractivity contribution >= 4 is 50.0 Å². The molecule has 2 rings (SSSR count). The number of anilines is 1. The lowest BCUT2D eigenvalue weighted by atomic mass is 10.1. The zero-order chi connectivity index (χ0) is 19.7. The highest BCUT2D eigenvalue weighted by Gasteiger charge is 2.15. The van der Waals surface area contributed by atoms with Crippen molar-refractivity contribution in [3.8, 4) is 0 Å². The third kappa shape index (κ3) is 8.43. The highest BCUT2D eigenvalue weighted by Crippen LogP contribution is 2.21. The van der Waals surface area contributed by atoms with E-state index < -0.39 is 15.8 Å². The van der Waals surface area contributed by atoms with Crippen molar-refractivity contribution in [1.82, 2.24) is 0 Å². The normalized spacial score (nSPS) is 10.3. The molecule has 0 heterocycles. The monoisotopic (exact) mass is 489 g/mol. The van der Waals surface area contributed by atoms with Gasteiger partial charge < -0.3 is 10.1 Å². The molecule has 0 saturated carbocycles. The lowest BCUT2D eigenvalue weighted by molar-refractivity contribution is 0.0527. The SMILES string of the molecule is CCOC(=O)c1cc(I)ccc1NC(=O)c1ccccc1.CS(C)(=O)=O. The molecule has 0 aliphatic rings. The summed E-state index contributed by atoms with van der Waals surface area (Å²) in [5, 5.41) is 2.75. The summed E-state index contributed by atoms with van der Waals surface area (Å²) >= 11 is 2.11. The molecule has 0 saturated heterocycles. The summed E-state index contributed by atoms with van der Waals surface area (Å²) in [6, 6.07) is 14.1. The van der Waals surface area contributed by atoms with E-state index in [0.717, 1.165) is 16.1 Å². The first kappa shape index (κ1) is 22.1. The Morgan fingerprint density at radius 2 is 1.65 bits per heavy atom. The fourth-order valence-electron chi connectivity index (χ4n) is 1.79. The molecule has 1 amide bonds. The smallest absolute Gasteiger partial charge is 0.340 e. The minimum atomic E-state index is -2.67. The molecule has 0 radical (unpaired) electrons. The molecule has 26 heavy (non-hydrogen) atoms. The van der Waals surface area contributed by atoms with Crippen molar-refractivity contribution in [2.75, 3.05) is 24.4 Å². The van der Waals surface area contributed by atoms with Crippen LogP contribution in [0.1, 0.15) is 27.6 Å². The number of halogens is 1. The number of hydrogen-bond donors (Lipinski definition) is 1. The average molecular weight is 489 g/mol. The van der Waals surface area contributed by atoms with Crippen molar-refractivity contribution in [3.05, 3.63) is 63.2 Å². The largest absolute Gasteiger partial charge is 0.462 e. The van der Waals surface area contributed by atoms with Gasteiger partial charge in [0.1, 0.15) is 9.84 Å². The molecule has 1 N–H and O–H groups in total. The molecule has 0 aliphatic carbocycles. The maximum Gasteiger partial charge on any atom is 0.340 e. The van der Waals surface area contributed by atoms with E-state index in [1.165, 1.54) is 0 Å². The standard InChI is InChI=1S/C16H14INO3.C2H6O2S/c1-2-21-16(20)13-10-12(17)8-9-14(13)18-15(19)11-6-4-3-5-7-11;1-5(2,3)4/h3-10H,2H2,1H3,(H,18,19);1-2H3. The van der Waals surface area contributed by atoms with E-state index in [1.807, 2.05) is 12.1 Å². The first-order chi connectivity index (χ1) is 12.1. The van der Waals surface area contributed by atoms with E-state index in [-0.39, 0.29) is 12.5 Å². The average Bonchev–Trinajstić information content (AvgIpc) is 2.56. The van der Waals surface area contributed by atoms with Gasteiger partial charge in [-0.2, -0.15) is 0 Å².